The average molecular weight is 339 g/mol. The number of nitrogens with one attached hydrogen (secondary N) is 2. The van der Waals surface area contributed by atoms with Gasteiger partial charge in [0.1, 0.15) is 5.84 Å². The Morgan fingerprint density at radius 1 is 0.923 bits per heavy atom. The summed E-state index contributed by atoms with van der Waals surface area (Å²) in [7, 11) is 0. The van der Waals surface area contributed by atoms with Crippen LogP contribution in [0, 0.1) is 5.41 Å². The van der Waals surface area contributed by atoms with E-state index in [0.29, 0.717) is 16.8 Å². The highest BCUT2D eigenvalue weighted by Gasteiger charge is 2.26. The summed E-state index contributed by atoms with van der Waals surface area (Å²) >= 11 is 0. The zero-order chi connectivity index (χ0) is 18.3. The number of nitrogen functional groups attached to an aromatic ring is 1. The standard InChI is InChI=1S/C22H17N3O/c1-13-16-8-2-3-9-17(16)18-10-5-11-19(20(13)18)22(26)25-15-7-4-6-14(12-15)21(23)24/h2-12H,1H2,(H3,23,24)(H,25,26). The van der Waals surface area contributed by atoms with Crippen LogP contribution >= 0.6 is 0 Å². The van der Waals surface area contributed by atoms with Gasteiger partial charge in [-0.15, -0.1) is 0 Å². The molecule has 0 atom stereocenters. The summed E-state index contributed by atoms with van der Waals surface area (Å²) in [5, 5.41) is 10.4. The van der Waals surface area contributed by atoms with Crippen LogP contribution in [0.5, 0.6) is 0 Å². The highest BCUT2D eigenvalue weighted by Crippen LogP contribution is 2.44. The predicted molar refractivity (Wildman–Crippen MR) is 105 cm³/mol. The number of rotatable bonds is 3. The van der Waals surface area contributed by atoms with Gasteiger partial charge in [0.2, 0.25) is 0 Å². The monoisotopic (exact) mass is 339 g/mol. The van der Waals surface area contributed by atoms with Gasteiger partial charge in [0.15, 0.2) is 0 Å². The molecule has 0 fully saturated rings. The number of benzene rings is 3. The lowest BCUT2D eigenvalue weighted by molar-refractivity contribution is 0.102. The third kappa shape index (κ3) is 2.48. The molecule has 0 unspecified atom stereocenters. The molecule has 4 rings (SSSR count). The number of amides is 1. The molecular formula is C22H17N3O. The number of anilines is 1. The number of hydrogen-bond donors (Lipinski definition) is 3. The number of carbonyl (C=O) groups excluding carboxylic acids is 1. The van der Waals surface area contributed by atoms with E-state index in [1.807, 2.05) is 36.4 Å². The summed E-state index contributed by atoms with van der Waals surface area (Å²) in [6.07, 6.45) is 0. The highest BCUT2D eigenvalue weighted by molar-refractivity contribution is 6.13. The first-order valence-electron chi connectivity index (χ1n) is 8.24. The van der Waals surface area contributed by atoms with E-state index in [0.717, 1.165) is 27.8 Å². The Labute approximate surface area is 151 Å². The smallest absolute Gasteiger partial charge is 0.256 e. The molecule has 0 saturated carbocycles. The summed E-state index contributed by atoms with van der Waals surface area (Å²) in [5.74, 6) is -0.248. The largest absolute Gasteiger partial charge is 0.384 e. The summed E-state index contributed by atoms with van der Waals surface area (Å²) in [6, 6.07) is 20.7. The molecule has 1 aliphatic rings. The van der Waals surface area contributed by atoms with Gasteiger partial charge in [-0.2, -0.15) is 0 Å². The zero-order valence-electron chi connectivity index (χ0n) is 14.0. The fourth-order valence-corrected chi connectivity index (χ4v) is 3.37. The minimum absolute atomic E-state index is 0.0365. The lowest BCUT2D eigenvalue weighted by Crippen LogP contribution is -2.15. The van der Waals surface area contributed by atoms with Crippen LogP contribution in [-0.2, 0) is 0 Å². The number of fused-ring (bicyclic) bond motifs is 3. The quantitative estimate of drug-likeness (QED) is 0.385. The minimum atomic E-state index is -0.212. The SMILES string of the molecule is C=C1c2ccccc2-c2cccc(C(=O)Nc3cccc(C(=N)N)c3)c21. The van der Waals surface area contributed by atoms with Crippen LogP contribution < -0.4 is 11.1 Å². The molecule has 0 bridgehead atoms. The molecule has 0 heterocycles. The van der Waals surface area contributed by atoms with Crippen molar-refractivity contribution in [1.29, 1.82) is 5.41 Å². The van der Waals surface area contributed by atoms with Gasteiger partial charge in [0.05, 0.1) is 0 Å². The molecule has 1 amide bonds. The fourth-order valence-electron chi connectivity index (χ4n) is 3.37. The first-order chi connectivity index (χ1) is 12.6. The van der Waals surface area contributed by atoms with Crippen LogP contribution in [0.15, 0.2) is 73.3 Å². The Morgan fingerprint density at radius 2 is 1.62 bits per heavy atom. The molecule has 0 aromatic heterocycles. The van der Waals surface area contributed by atoms with Crippen LogP contribution in [0.3, 0.4) is 0 Å². The molecule has 0 aliphatic heterocycles. The van der Waals surface area contributed by atoms with E-state index in [9.17, 15) is 4.79 Å². The van der Waals surface area contributed by atoms with E-state index >= 15 is 0 Å². The van der Waals surface area contributed by atoms with Gasteiger partial charge in [-0.25, -0.2) is 0 Å². The highest BCUT2D eigenvalue weighted by atomic mass is 16.1. The summed E-state index contributed by atoms with van der Waals surface area (Å²) in [6.45, 7) is 4.20. The molecule has 126 valence electrons. The van der Waals surface area contributed by atoms with Crippen molar-refractivity contribution < 1.29 is 4.79 Å². The lowest BCUT2D eigenvalue weighted by Gasteiger charge is -2.11. The molecule has 4 nitrogen and oxygen atoms in total. The number of amidine groups is 1. The Hall–Kier alpha value is -3.66. The first kappa shape index (κ1) is 15.8. The molecule has 3 aromatic rings. The van der Waals surface area contributed by atoms with Crippen LogP contribution in [0.2, 0.25) is 0 Å². The third-order valence-corrected chi connectivity index (χ3v) is 4.58. The van der Waals surface area contributed by atoms with Gasteiger partial charge in [0, 0.05) is 22.4 Å². The molecule has 26 heavy (non-hydrogen) atoms. The van der Waals surface area contributed by atoms with Gasteiger partial charge in [-0.05, 0) is 40.5 Å². The van der Waals surface area contributed by atoms with Crippen molar-refractivity contribution in [3.8, 4) is 11.1 Å². The van der Waals surface area contributed by atoms with Crippen molar-refractivity contribution in [2.45, 2.75) is 0 Å². The second-order valence-electron chi connectivity index (χ2n) is 6.20. The lowest BCUT2D eigenvalue weighted by atomic mass is 9.98. The van der Waals surface area contributed by atoms with E-state index in [4.69, 9.17) is 11.1 Å². The molecule has 3 aromatic carbocycles. The molecule has 4 heteroatoms. The predicted octanol–water partition coefficient (Wildman–Crippen LogP) is 4.26. The van der Waals surface area contributed by atoms with Gasteiger partial charge in [0.25, 0.3) is 5.91 Å². The third-order valence-electron chi connectivity index (χ3n) is 4.58. The Morgan fingerprint density at radius 3 is 2.38 bits per heavy atom. The van der Waals surface area contributed by atoms with Gasteiger partial charge < -0.3 is 11.1 Å². The van der Waals surface area contributed by atoms with Crippen LogP contribution in [0.1, 0.15) is 27.0 Å². The molecule has 0 radical (unpaired) electrons. The van der Waals surface area contributed by atoms with Crippen molar-refractivity contribution >= 4 is 23.0 Å². The minimum Gasteiger partial charge on any atom is -0.384 e. The molecule has 0 spiro atoms. The number of nitrogens with two attached hydrogens (primary N) is 1. The van der Waals surface area contributed by atoms with Gasteiger partial charge in [-0.3, -0.25) is 10.2 Å². The maximum Gasteiger partial charge on any atom is 0.256 e. The van der Waals surface area contributed by atoms with E-state index < -0.39 is 0 Å². The van der Waals surface area contributed by atoms with Crippen molar-refractivity contribution in [3.63, 3.8) is 0 Å². The van der Waals surface area contributed by atoms with Crippen LogP contribution in [-0.4, -0.2) is 11.7 Å². The van der Waals surface area contributed by atoms with Crippen LogP contribution in [0.25, 0.3) is 16.7 Å². The average Bonchev–Trinajstić information content (AvgIpc) is 2.95. The Bertz CT molecular complexity index is 1080. The summed E-state index contributed by atoms with van der Waals surface area (Å²) in [4.78, 5) is 12.9. The first-order valence-corrected chi connectivity index (χ1v) is 8.24. The van der Waals surface area contributed by atoms with Gasteiger partial charge >= 0.3 is 0 Å². The van der Waals surface area contributed by atoms with E-state index in [1.165, 1.54) is 0 Å². The Kier molecular flexibility index (Phi) is 3.66. The summed E-state index contributed by atoms with van der Waals surface area (Å²) in [5.41, 5.74) is 12.2. The van der Waals surface area contributed by atoms with E-state index in [-0.39, 0.29) is 11.7 Å². The van der Waals surface area contributed by atoms with E-state index in [1.54, 1.807) is 30.3 Å². The van der Waals surface area contributed by atoms with Gasteiger partial charge in [-0.1, -0.05) is 55.1 Å². The fraction of sp³-hybridized carbons (Fsp3) is 0. The topological polar surface area (TPSA) is 79.0 Å². The maximum atomic E-state index is 12.9. The second kappa shape index (κ2) is 6.01. The maximum absolute atomic E-state index is 12.9. The second-order valence-corrected chi connectivity index (χ2v) is 6.20. The normalized spacial score (nSPS) is 11.6. The van der Waals surface area contributed by atoms with Crippen molar-refractivity contribution in [2.24, 2.45) is 5.73 Å². The van der Waals surface area contributed by atoms with Crippen molar-refractivity contribution in [3.05, 3.63) is 95.6 Å². The van der Waals surface area contributed by atoms with Crippen molar-refractivity contribution in [2.75, 3.05) is 5.32 Å². The summed E-state index contributed by atoms with van der Waals surface area (Å²) < 4.78 is 0. The van der Waals surface area contributed by atoms with Crippen molar-refractivity contribution in [1.82, 2.24) is 0 Å². The molecular weight excluding hydrogens is 322 g/mol. The van der Waals surface area contributed by atoms with Crippen LogP contribution in [0.4, 0.5) is 5.69 Å². The zero-order valence-corrected chi connectivity index (χ0v) is 14.0. The molecule has 0 saturated heterocycles. The Balaban J connectivity index is 1.72. The molecule has 4 N–H and O–H groups in total. The number of hydrogen-bond acceptors (Lipinski definition) is 2. The van der Waals surface area contributed by atoms with E-state index in [2.05, 4.69) is 11.9 Å². The number of carbonyl (C=O) groups is 1. The molecule has 1 aliphatic carbocycles.